The van der Waals surface area contributed by atoms with Gasteiger partial charge in [-0.05, 0) is 43.2 Å². The lowest BCUT2D eigenvalue weighted by Crippen LogP contribution is -2.38. The molecule has 3 aromatic rings. The first-order valence-corrected chi connectivity index (χ1v) is 10.4. The predicted octanol–water partition coefficient (Wildman–Crippen LogP) is 4.89. The van der Waals surface area contributed by atoms with Gasteiger partial charge in [0, 0.05) is 17.8 Å². The number of anilines is 1. The molecule has 4 rings (SSSR count). The summed E-state index contributed by atoms with van der Waals surface area (Å²) in [4.78, 5) is 20.8. The Labute approximate surface area is 180 Å². The van der Waals surface area contributed by atoms with Crippen LogP contribution in [0, 0.1) is 0 Å². The summed E-state index contributed by atoms with van der Waals surface area (Å²) in [5.74, 6) is 2.15. The van der Waals surface area contributed by atoms with E-state index >= 15 is 0 Å². The number of hydrogen-bond donors (Lipinski definition) is 2. The molecular weight excluding hydrogens is 396 g/mol. The fourth-order valence-electron chi connectivity index (χ4n) is 3.76. The molecule has 162 valence electrons. The summed E-state index contributed by atoms with van der Waals surface area (Å²) in [5, 5.41) is 6.62. The monoisotopic (exact) mass is 422 g/mol. The van der Waals surface area contributed by atoms with Crippen LogP contribution in [-0.2, 0) is 0 Å². The summed E-state index contributed by atoms with van der Waals surface area (Å²) in [5.41, 5.74) is 1.37. The molecule has 1 saturated carbocycles. The number of hydrogen-bond acceptors (Lipinski definition) is 6. The van der Waals surface area contributed by atoms with Crippen LogP contribution in [0.4, 0.5) is 10.5 Å². The second-order valence-electron chi connectivity index (χ2n) is 7.46. The molecule has 0 spiro atoms. The van der Waals surface area contributed by atoms with Crippen LogP contribution in [0.3, 0.4) is 0 Å². The molecule has 1 heterocycles. The Balaban J connectivity index is 1.45. The molecule has 2 N–H and O–H groups in total. The van der Waals surface area contributed by atoms with Crippen LogP contribution >= 0.6 is 0 Å². The van der Waals surface area contributed by atoms with E-state index in [-0.39, 0.29) is 12.1 Å². The molecule has 2 aromatic carbocycles. The van der Waals surface area contributed by atoms with Crippen LogP contribution < -0.4 is 24.8 Å². The molecule has 1 aromatic heterocycles. The van der Waals surface area contributed by atoms with Crippen molar-refractivity contribution in [2.24, 2.45) is 0 Å². The Morgan fingerprint density at radius 1 is 0.968 bits per heavy atom. The van der Waals surface area contributed by atoms with Crippen molar-refractivity contribution in [1.29, 1.82) is 0 Å². The summed E-state index contributed by atoms with van der Waals surface area (Å²) >= 11 is 0. The Morgan fingerprint density at radius 3 is 2.39 bits per heavy atom. The van der Waals surface area contributed by atoms with Crippen LogP contribution in [0.1, 0.15) is 32.1 Å². The molecule has 31 heavy (non-hydrogen) atoms. The minimum atomic E-state index is -0.177. The van der Waals surface area contributed by atoms with Gasteiger partial charge in [-0.15, -0.1) is 0 Å². The zero-order valence-electron chi connectivity index (χ0n) is 17.7. The highest BCUT2D eigenvalue weighted by Crippen LogP contribution is 2.35. The lowest BCUT2D eigenvalue weighted by atomic mass is 9.96. The van der Waals surface area contributed by atoms with Gasteiger partial charge in [-0.25, -0.2) is 14.8 Å². The lowest BCUT2D eigenvalue weighted by molar-refractivity contribution is 0.244. The SMILES string of the molecule is COc1cc2ncnc(Oc3ccc(NC(=O)NC4CCCCC4)cc3)c2cc1OC. The van der Waals surface area contributed by atoms with E-state index in [1.165, 1.54) is 25.6 Å². The first-order chi connectivity index (χ1) is 15.2. The number of carbonyl (C=O) groups excluding carboxylic acids is 1. The van der Waals surface area contributed by atoms with Crippen molar-refractivity contribution in [2.75, 3.05) is 19.5 Å². The van der Waals surface area contributed by atoms with Gasteiger partial charge >= 0.3 is 6.03 Å². The van der Waals surface area contributed by atoms with Gasteiger partial charge in [-0.2, -0.15) is 0 Å². The highest BCUT2D eigenvalue weighted by molar-refractivity contribution is 5.89. The maximum atomic E-state index is 12.2. The summed E-state index contributed by atoms with van der Waals surface area (Å²) in [6, 6.07) is 10.8. The standard InChI is InChI=1S/C23H26N4O4/c1-29-20-12-18-19(13-21(20)30-2)24-14-25-22(18)31-17-10-8-16(9-11-17)27-23(28)26-15-6-4-3-5-7-15/h8-15H,3-7H2,1-2H3,(H2,26,27,28). The quantitative estimate of drug-likeness (QED) is 0.587. The molecule has 1 aliphatic carbocycles. The Bertz CT molecular complexity index is 1050. The van der Waals surface area contributed by atoms with E-state index in [1.807, 2.05) is 0 Å². The van der Waals surface area contributed by atoms with E-state index < -0.39 is 0 Å². The number of nitrogens with one attached hydrogen (secondary N) is 2. The van der Waals surface area contributed by atoms with E-state index in [0.29, 0.717) is 39.7 Å². The molecule has 0 unspecified atom stereocenters. The van der Waals surface area contributed by atoms with E-state index in [2.05, 4.69) is 20.6 Å². The number of ether oxygens (including phenoxy) is 3. The van der Waals surface area contributed by atoms with Crippen LogP contribution in [0.5, 0.6) is 23.1 Å². The Morgan fingerprint density at radius 2 is 1.68 bits per heavy atom. The van der Waals surface area contributed by atoms with Gasteiger partial charge in [0.25, 0.3) is 0 Å². The van der Waals surface area contributed by atoms with Crippen molar-refractivity contribution in [2.45, 2.75) is 38.1 Å². The maximum Gasteiger partial charge on any atom is 0.319 e. The topological polar surface area (TPSA) is 94.6 Å². The summed E-state index contributed by atoms with van der Waals surface area (Å²) in [7, 11) is 3.15. The molecule has 0 aliphatic heterocycles. The van der Waals surface area contributed by atoms with Gasteiger partial charge in [0.15, 0.2) is 11.5 Å². The van der Waals surface area contributed by atoms with Crippen molar-refractivity contribution >= 4 is 22.6 Å². The second kappa shape index (κ2) is 9.51. The molecular formula is C23H26N4O4. The van der Waals surface area contributed by atoms with E-state index in [9.17, 15) is 4.79 Å². The fourth-order valence-corrected chi connectivity index (χ4v) is 3.76. The third kappa shape index (κ3) is 4.96. The predicted molar refractivity (Wildman–Crippen MR) is 118 cm³/mol. The van der Waals surface area contributed by atoms with Crippen LogP contribution in [0.2, 0.25) is 0 Å². The first kappa shape index (κ1) is 20.7. The average Bonchev–Trinajstić information content (AvgIpc) is 2.80. The van der Waals surface area contributed by atoms with Gasteiger partial charge in [-0.1, -0.05) is 19.3 Å². The molecule has 0 atom stereocenters. The summed E-state index contributed by atoms with van der Waals surface area (Å²) < 4.78 is 16.7. The van der Waals surface area contributed by atoms with Crippen molar-refractivity contribution in [3.63, 3.8) is 0 Å². The molecule has 0 bridgehead atoms. The summed E-state index contributed by atoms with van der Waals surface area (Å²) in [6.45, 7) is 0. The number of urea groups is 1. The van der Waals surface area contributed by atoms with Crippen molar-refractivity contribution < 1.29 is 19.0 Å². The number of aromatic nitrogens is 2. The normalized spacial score (nSPS) is 14.1. The number of amides is 2. The van der Waals surface area contributed by atoms with Gasteiger partial charge in [0.1, 0.15) is 12.1 Å². The first-order valence-electron chi connectivity index (χ1n) is 10.4. The Kier molecular flexibility index (Phi) is 6.35. The van der Waals surface area contributed by atoms with Gasteiger partial charge in [-0.3, -0.25) is 0 Å². The number of rotatable bonds is 6. The number of fused-ring (bicyclic) bond motifs is 1. The van der Waals surface area contributed by atoms with E-state index in [0.717, 1.165) is 12.8 Å². The highest BCUT2D eigenvalue weighted by atomic mass is 16.5. The Hall–Kier alpha value is -3.55. The molecule has 8 nitrogen and oxygen atoms in total. The molecule has 8 heteroatoms. The number of benzene rings is 2. The second-order valence-corrected chi connectivity index (χ2v) is 7.46. The van der Waals surface area contributed by atoms with Crippen LogP contribution in [0.15, 0.2) is 42.7 Å². The molecule has 0 saturated heterocycles. The summed E-state index contributed by atoms with van der Waals surface area (Å²) in [6.07, 6.45) is 7.13. The third-order valence-corrected chi connectivity index (χ3v) is 5.37. The van der Waals surface area contributed by atoms with Gasteiger partial charge in [0.05, 0.1) is 25.1 Å². The van der Waals surface area contributed by atoms with Gasteiger partial charge < -0.3 is 24.8 Å². The molecule has 1 aliphatic rings. The van der Waals surface area contributed by atoms with E-state index in [4.69, 9.17) is 14.2 Å². The third-order valence-electron chi connectivity index (χ3n) is 5.37. The zero-order valence-corrected chi connectivity index (χ0v) is 17.7. The van der Waals surface area contributed by atoms with Crippen molar-refractivity contribution in [3.8, 4) is 23.1 Å². The number of carbonyl (C=O) groups is 1. The zero-order chi connectivity index (χ0) is 21.6. The number of methoxy groups -OCH3 is 2. The fraction of sp³-hybridized carbons (Fsp3) is 0.348. The van der Waals surface area contributed by atoms with Crippen LogP contribution in [0.25, 0.3) is 10.9 Å². The molecule has 0 radical (unpaired) electrons. The molecule has 2 amide bonds. The van der Waals surface area contributed by atoms with Crippen molar-refractivity contribution in [3.05, 3.63) is 42.7 Å². The van der Waals surface area contributed by atoms with Crippen LogP contribution in [-0.4, -0.2) is 36.3 Å². The number of nitrogens with zero attached hydrogens (tertiary/aromatic N) is 2. The van der Waals surface area contributed by atoms with Gasteiger partial charge in [0.2, 0.25) is 5.88 Å². The maximum absolute atomic E-state index is 12.2. The minimum absolute atomic E-state index is 0.177. The average molecular weight is 422 g/mol. The largest absolute Gasteiger partial charge is 0.493 e. The van der Waals surface area contributed by atoms with E-state index in [1.54, 1.807) is 50.6 Å². The minimum Gasteiger partial charge on any atom is -0.493 e. The smallest absolute Gasteiger partial charge is 0.319 e. The molecule has 1 fully saturated rings. The lowest BCUT2D eigenvalue weighted by Gasteiger charge is -2.22. The van der Waals surface area contributed by atoms with Crippen molar-refractivity contribution in [1.82, 2.24) is 15.3 Å². The highest BCUT2D eigenvalue weighted by Gasteiger charge is 2.16.